The van der Waals surface area contributed by atoms with Gasteiger partial charge in [0.15, 0.2) is 0 Å². The molecule has 0 bridgehead atoms. The van der Waals surface area contributed by atoms with Crippen molar-refractivity contribution in [2.24, 2.45) is 5.92 Å². The molecule has 0 saturated carbocycles. The van der Waals surface area contributed by atoms with E-state index in [1.165, 1.54) is 0 Å². The number of carbonyl (C=O) groups excluding carboxylic acids is 1. The Hall–Kier alpha value is -1.65. The second-order valence-corrected chi connectivity index (χ2v) is 6.26. The van der Waals surface area contributed by atoms with Crippen LogP contribution in [0.3, 0.4) is 0 Å². The highest BCUT2D eigenvalue weighted by molar-refractivity contribution is 5.82. The minimum atomic E-state index is -0.167. The fourth-order valence-corrected chi connectivity index (χ4v) is 2.16. The molecular weight excluding hydrogens is 240 g/mol. The van der Waals surface area contributed by atoms with Crippen molar-refractivity contribution >= 4 is 11.7 Å². The summed E-state index contributed by atoms with van der Waals surface area (Å²) in [6.45, 7) is 11.3. The van der Waals surface area contributed by atoms with Gasteiger partial charge < -0.3 is 10.2 Å². The molecule has 0 aromatic carbocycles. The molecule has 1 fully saturated rings. The smallest absolute Gasteiger partial charge is 0.227 e. The first-order chi connectivity index (χ1) is 8.74. The molecule has 0 radical (unpaired) electrons. The Morgan fingerprint density at radius 1 is 1.32 bits per heavy atom. The molecule has 2 heterocycles. The Morgan fingerprint density at radius 3 is 2.47 bits per heavy atom. The van der Waals surface area contributed by atoms with Crippen LogP contribution in [0, 0.1) is 19.8 Å². The van der Waals surface area contributed by atoms with Crippen LogP contribution >= 0.6 is 0 Å². The second kappa shape index (κ2) is 4.79. The van der Waals surface area contributed by atoms with Gasteiger partial charge in [0.05, 0.1) is 5.92 Å². The van der Waals surface area contributed by atoms with Crippen molar-refractivity contribution in [3.8, 4) is 0 Å². The van der Waals surface area contributed by atoms with E-state index in [1.54, 1.807) is 0 Å². The number of rotatable bonds is 2. The minimum absolute atomic E-state index is 0.0646. The summed E-state index contributed by atoms with van der Waals surface area (Å²) in [4.78, 5) is 22.8. The lowest BCUT2D eigenvalue weighted by Gasteiger charge is -2.40. The number of nitrogens with zero attached hydrogens (tertiary/aromatic N) is 3. The second-order valence-electron chi connectivity index (χ2n) is 6.26. The maximum atomic E-state index is 12.0. The molecule has 1 aliphatic heterocycles. The van der Waals surface area contributed by atoms with Crippen LogP contribution < -0.4 is 10.2 Å². The first kappa shape index (κ1) is 13.8. The zero-order chi connectivity index (χ0) is 14.2. The van der Waals surface area contributed by atoms with E-state index in [0.717, 1.165) is 30.4 Å². The average molecular weight is 262 g/mol. The summed E-state index contributed by atoms with van der Waals surface area (Å²) in [7, 11) is 0. The lowest BCUT2D eigenvalue weighted by atomic mass is 9.97. The van der Waals surface area contributed by atoms with E-state index in [0.29, 0.717) is 0 Å². The summed E-state index contributed by atoms with van der Waals surface area (Å²) in [5.41, 5.74) is 0.796. The first-order valence-electron chi connectivity index (χ1n) is 6.64. The molecule has 2 rings (SSSR count). The van der Waals surface area contributed by atoms with Crippen molar-refractivity contribution in [1.29, 1.82) is 0 Å². The molecule has 1 aromatic rings. The van der Waals surface area contributed by atoms with E-state index in [4.69, 9.17) is 0 Å². The lowest BCUT2D eigenvalue weighted by molar-refractivity contribution is -0.127. The fourth-order valence-electron chi connectivity index (χ4n) is 2.16. The van der Waals surface area contributed by atoms with Gasteiger partial charge in [0.1, 0.15) is 11.6 Å². The quantitative estimate of drug-likeness (QED) is 0.876. The van der Waals surface area contributed by atoms with Gasteiger partial charge in [-0.3, -0.25) is 4.79 Å². The SMILES string of the molecule is Cc1cc(N2CC(C(=O)NC(C)(C)C)C2)nc(C)n1. The molecule has 19 heavy (non-hydrogen) atoms. The third-order valence-corrected chi connectivity index (χ3v) is 3.03. The van der Waals surface area contributed by atoms with Crippen LogP contribution in [-0.4, -0.2) is 34.5 Å². The topological polar surface area (TPSA) is 58.1 Å². The normalized spacial score (nSPS) is 16.2. The van der Waals surface area contributed by atoms with Crippen molar-refractivity contribution < 1.29 is 4.79 Å². The van der Waals surface area contributed by atoms with Crippen LogP contribution in [0.15, 0.2) is 6.07 Å². The highest BCUT2D eigenvalue weighted by Crippen LogP contribution is 2.23. The molecule has 1 aromatic heterocycles. The number of nitrogens with one attached hydrogen (secondary N) is 1. The third kappa shape index (κ3) is 3.43. The summed E-state index contributed by atoms with van der Waals surface area (Å²) < 4.78 is 0. The largest absolute Gasteiger partial charge is 0.355 e. The van der Waals surface area contributed by atoms with Gasteiger partial charge in [0, 0.05) is 30.4 Å². The summed E-state index contributed by atoms with van der Waals surface area (Å²) >= 11 is 0. The molecule has 5 heteroatoms. The molecule has 1 aliphatic rings. The van der Waals surface area contributed by atoms with Crippen LogP contribution in [-0.2, 0) is 4.79 Å². The first-order valence-corrected chi connectivity index (χ1v) is 6.64. The highest BCUT2D eigenvalue weighted by Gasteiger charge is 2.34. The molecular formula is C14H22N4O. The number of aromatic nitrogens is 2. The van der Waals surface area contributed by atoms with Crippen LogP contribution in [0.25, 0.3) is 0 Å². The van der Waals surface area contributed by atoms with Crippen LogP contribution in [0.5, 0.6) is 0 Å². The summed E-state index contributed by atoms with van der Waals surface area (Å²) in [5.74, 6) is 1.89. The third-order valence-electron chi connectivity index (χ3n) is 3.03. The van der Waals surface area contributed by atoms with Gasteiger partial charge in [-0.05, 0) is 34.6 Å². The summed E-state index contributed by atoms with van der Waals surface area (Å²) in [5, 5.41) is 3.02. The molecule has 1 N–H and O–H groups in total. The van der Waals surface area contributed by atoms with E-state index in [1.807, 2.05) is 40.7 Å². The van der Waals surface area contributed by atoms with Gasteiger partial charge in [0.25, 0.3) is 0 Å². The van der Waals surface area contributed by atoms with E-state index in [2.05, 4.69) is 20.2 Å². The van der Waals surface area contributed by atoms with Crippen molar-refractivity contribution in [2.45, 2.75) is 40.2 Å². The van der Waals surface area contributed by atoms with Gasteiger partial charge in [-0.15, -0.1) is 0 Å². The summed E-state index contributed by atoms with van der Waals surface area (Å²) in [6, 6.07) is 1.96. The van der Waals surface area contributed by atoms with Gasteiger partial charge in [-0.2, -0.15) is 0 Å². The Labute approximate surface area is 114 Å². The number of hydrogen-bond donors (Lipinski definition) is 1. The Morgan fingerprint density at radius 2 is 1.95 bits per heavy atom. The number of aryl methyl sites for hydroxylation is 2. The van der Waals surface area contributed by atoms with Crippen molar-refractivity contribution in [3.05, 3.63) is 17.6 Å². The van der Waals surface area contributed by atoms with E-state index in [9.17, 15) is 4.79 Å². The van der Waals surface area contributed by atoms with E-state index < -0.39 is 0 Å². The van der Waals surface area contributed by atoms with Crippen LogP contribution in [0.4, 0.5) is 5.82 Å². The zero-order valence-corrected chi connectivity index (χ0v) is 12.3. The molecule has 0 aliphatic carbocycles. The highest BCUT2D eigenvalue weighted by atomic mass is 16.2. The number of amides is 1. The van der Waals surface area contributed by atoms with Crippen LogP contribution in [0.1, 0.15) is 32.3 Å². The average Bonchev–Trinajstić information content (AvgIpc) is 2.09. The maximum absolute atomic E-state index is 12.0. The molecule has 0 spiro atoms. The van der Waals surface area contributed by atoms with Crippen molar-refractivity contribution in [2.75, 3.05) is 18.0 Å². The molecule has 0 unspecified atom stereocenters. The van der Waals surface area contributed by atoms with Crippen molar-refractivity contribution in [3.63, 3.8) is 0 Å². The zero-order valence-electron chi connectivity index (χ0n) is 12.3. The van der Waals surface area contributed by atoms with Gasteiger partial charge >= 0.3 is 0 Å². The van der Waals surface area contributed by atoms with Gasteiger partial charge in [0.2, 0.25) is 5.91 Å². The maximum Gasteiger partial charge on any atom is 0.227 e. The predicted octanol–water partition coefficient (Wildman–Crippen LogP) is 1.44. The minimum Gasteiger partial charge on any atom is -0.355 e. The molecule has 0 atom stereocenters. The van der Waals surface area contributed by atoms with Gasteiger partial charge in [-0.1, -0.05) is 0 Å². The summed E-state index contributed by atoms with van der Waals surface area (Å²) in [6.07, 6.45) is 0. The molecule has 104 valence electrons. The monoisotopic (exact) mass is 262 g/mol. The van der Waals surface area contributed by atoms with E-state index >= 15 is 0 Å². The molecule has 1 amide bonds. The van der Waals surface area contributed by atoms with E-state index in [-0.39, 0.29) is 17.4 Å². The fraction of sp³-hybridized carbons (Fsp3) is 0.643. The molecule has 1 saturated heterocycles. The molecule has 5 nitrogen and oxygen atoms in total. The lowest BCUT2D eigenvalue weighted by Crippen LogP contribution is -2.56. The van der Waals surface area contributed by atoms with Crippen LogP contribution in [0.2, 0.25) is 0 Å². The Kier molecular flexibility index (Phi) is 3.47. The van der Waals surface area contributed by atoms with Crippen molar-refractivity contribution in [1.82, 2.24) is 15.3 Å². The number of anilines is 1. The standard InChI is InChI=1S/C14H22N4O/c1-9-6-12(16-10(2)15-9)18-7-11(8-18)13(19)17-14(3,4)5/h6,11H,7-8H2,1-5H3,(H,17,19). The van der Waals surface area contributed by atoms with Gasteiger partial charge in [-0.25, -0.2) is 9.97 Å². The number of carbonyl (C=O) groups is 1. The Bertz CT molecular complexity index is 466. The number of hydrogen-bond acceptors (Lipinski definition) is 4. The predicted molar refractivity (Wildman–Crippen MR) is 75.1 cm³/mol. The Balaban J connectivity index is 1.94.